The fraction of sp³-hybridized carbons (Fsp3) is 0.571. The zero-order chi connectivity index (χ0) is 13.3. The summed E-state index contributed by atoms with van der Waals surface area (Å²) in [6.07, 6.45) is -0.491. The van der Waals surface area contributed by atoms with Crippen LogP contribution in [0.25, 0.3) is 0 Å². The Hall–Kier alpha value is -1.26. The minimum absolute atomic E-state index is 0.239. The Morgan fingerprint density at radius 2 is 1.72 bits per heavy atom. The molecule has 2 N–H and O–H groups in total. The van der Waals surface area contributed by atoms with Crippen molar-refractivity contribution >= 4 is 0 Å². The molecule has 0 saturated heterocycles. The molecule has 0 bridgehead atoms. The van der Waals surface area contributed by atoms with E-state index in [1.54, 1.807) is 14.2 Å². The zero-order valence-electron chi connectivity index (χ0n) is 11.4. The van der Waals surface area contributed by atoms with Crippen molar-refractivity contribution in [1.82, 2.24) is 5.32 Å². The smallest absolute Gasteiger partial charge is 0.161 e. The van der Waals surface area contributed by atoms with Crippen LogP contribution in [0.4, 0.5) is 0 Å². The van der Waals surface area contributed by atoms with Gasteiger partial charge in [0.25, 0.3) is 0 Å². The molecule has 18 heavy (non-hydrogen) atoms. The van der Waals surface area contributed by atoms with E-state index >= 15 is 0 Å². The highest BCUT2D eigenvalue weighted by Crippen LogP contribution is 2.40. The molecule has 4 heteroatoms. The van der Waals surface area contributed by atoms with Crippen LogP contribution in [0.15, 0.2) is 12.1 Å². The Kier molecular flexibility index (Phi) is 3.78. The molecular formula is C14H21NO3. The largest absolute Gasteiger partial charge is 0.493 e. The molecule has 2 atom stereocenters. The van der Waals surface area contributed by atoms with Gasteiger partial charge in [-0.25, -0.2) is 0 Å². The van der Waals surface area contributed by atoms with Gasteiger partial charge in [-0.2, -0.15) is 0 Å². The van der Waals surface area contributed by atoms with Crippen molar-refractivity contribution in [1.29, 1.82) is 0 Å². The van der Waals surface area contributed by atoms with E-state index in [0.29, 0.717) is 24.0 Å². The Bertz CT molecular complexity index is 431. The van der Waals surface area contributed by atoms with E-state index in [2.05, 4.69) is 19.2 Å². The van der Waals surface area contributed by atoms with Crippen molar-refractivity contribution in [3.8, 4) is 11.5 Å². The van der Waals surface area contributed by atoms with Crippen molar-refractivity contribution in [3.63, 3.8) is 0 Å². The molecule has 1 aromatic rings. The number of hydrogen-bond acceptors (Lipinski definition) is 4. The number of nitrogens with one attached hydrogen (secondary N) is 1. The number of methoxy groups -OCH3 is 2. The Morgan fingerprint density at radius 3 is 2.22 bits per heavy atom. The molecule has 1 aliphatic heterocycles. The summed E-state index contributed by atoms with van der Waals surface area (Å²) in [6.45, 7) is 4.90. The molecule has 0 aliphatic carbocycles. The fourth-order valence-electron chi connectivity index (χ4n) is 2.52. The first-order chi connectivity index (χ1) is 8.58. The molecule has 1 aliphatic rings. The first-order valence-electron chi connectivity index (χ1n) is 6.25. The lowest BCUT2D eigenvalue weighted by molar-refractivity contribution is 0.149. The molecular weight excluding hydrogens is 230 g/mol. The topological polar surface area (TPSA) is 50.7 Å². The van der Waals surface area contributed by atoms with Crippen LogP contribution in [-0.2, 0) is 0 Å². The van der Waals surface area contributed by atoms with E-state index in [0.717, 1.165) is 11.1 Å². The number of ether oxygens (including phenoxy) is 2. The second-order valence-electron chi connectivity index (χ2n) is 4.98. The maximum Gasteiger partial charge on any atom is 0.161 e. The SMILES string of the molecule is COc1cc2c(cc1OC)C(C(C)C)NCC2O. The van der Waals surface area contributed by atoms with Crippen LogP contribution in [0.2, 0.25) is 0 Å². The standard InChI is InChI=1S/C14H21NO3/c1-8(2)14-10-6-13(18-4)12(17-3)5-9(10)11(16)7-15-14/h5-6,8,11,14-16H,7H2,1-4H3. The van der Waals surface area contributed by atoms with Crippen molar-refractivity contribution in [2.75, 3.05) is 20.8 Å². The van der Waals surface area contributed by atoms with Gasteiger partial charge in [-0.05, 0) is 29.2 Å². The van der Waals surface area contributed by atoms with Crippen LogP contribution in [0.1, 0.15) is 37.1 Å². The van der Waals surface area contributed by atoms with E-state index < -0.39 is 6.10 Å². The average Bonchev–Trinajstić information content (AvgIpc) is 2.37. The second-order valence-corrected chi connectivity index (χ2v) is 4.98. The lowest BCUT2D eigenvalue weighted by atomic mass is 9.86. The highest BCUT2D eigenvalue weighted by atomic mass is 16.5. The first kappa shape index (κ1) is 13.2. The molecule has 1 heterocycles. The summed E-state index contributed by atoms with van der Waals surface area (Å²) < 4.78 is 10.6. The van der Waals surface area contributed by atoms with Crippen LogP contribution in [0.5, 0.6) is 11.5 Å². The molecule has 2 unspecified atom stereocenters. The zero-order valence-corrected chi connectivity index (χ0v) is 11.4. The van der Waals surface area contributed by atoms with Gasteiger partial charge in [0.2, 0.25) is 0 Å². The molecule has 1 aromatic carbocycles. The number of benzene rings is 1. The first-order valence-corrected chi connectivity index (χ1v) is 6.25. The monoisotopic (exact) mass is 251 g/mol. The second kappa shape index (κ2) is 5.16. The molecule has 0 amide bonds. The summed E-state index contributed by atoms with van der Waals surface area (Å²) in [5.41, 5.74) is 2.03. The quantitative estimate of drug-likeness (QED) is 0.863. The van der Waals surface area contributed by atoms with Gasteiger partial charge in [0, 0.05) is 12.6 Å². The molecule has 4 nitrogen and oxygen atoms in total. The van der Waals surface area contributed by atoms with E-state index in [1.807, 2.05) is 12.1 Å². The minimum Gasteiger partial charge on any atom is -0.493 e. The number of fused-ring (bicyclic) bond motifs is 1. The summed E-state index contributed by atoms with van der Waals surface area (Å²) in [6, 6.07) is 4.09. The lowest BCUT2D eigenvalue weighted by Gasteiger charge is -2.33. The van der Waals surface area contributed by atoms with E-state index in [4.69, 9.17) is 9.47 Å². The number of hydrogen-bond donors (Lipinski definition) is 2. The van der Waals surface area contributed by atoms with Crippen LogP contribution in [-0.4, -0.2) is 25.9 Å². The van der Waals surface area contributed by atoms with Gasteiger partial charge in [0.15, 0.2) is 11.5 Å². The Morgan fingerprint density at radius 1 is 1.17 bits per heavy atom. The normalized spacial score (nSPS) is 22.8. The molecule has 0 aromatic heterocycles. The van der Waals surface area contributed by atoms with Crippen LogP contribution in [0.3, 0.4) is 0 Å². The lowest BCUT2D eigenvalue weighted by Crippen LogP contribution is -2.35. The van der Waals surface area contributed by atoms with Gasteiger partial charge in [-0.3, -0.25) is 0 Å². The fourth-order valence-corrected chi connectivity index (χ4v) is 2.52. The summed E-state index contributed by atoms with van der Waals surface area (Å²) in [7, 11) is 3.24. The van der Waals surface area contributed by atoms with Crippen molar-refractivity contribution in [2.24, 2.45) is 5.92 Å². The van der Waals surface area contributed by atoms with Gasteiger partial charge in [-0.15, -0.1) is 0 Å². The molecule has 100 valence electrons. The van der Waals surface area contributed by atoms with Crippen molar-refractivity contribution in [2.45, 2.75) is 26.0 Å². The predicted octanol–water partition coefficient (Wildman–Crippen LogP) is 2.04. The Balaban J connectivity index is 2.53. The van der Waals surface area contributed by atoms with Gasteiger partial charge in [0.1, 0.15) is 0 Å². The Labute approximate surface area is 108 Å². The van der Waals surface area contributed by atoms with Gasteiger partial charge >= 0.3 is 0 Å². The van der Waals surface area contributed by atoms with Crippen LogP contribution >= 0.6 is 0 Å². The summed E-state index contributed by atoms with van der Waals surface area (Å²) in [4.78, 5) is 0. The van der Waals surface area contributed by atoms with E-state index in [9.17, 15) is 5.11 Å². The van der Waals surface area contributed by atoms with Gasteiger partial charge in [-0.1, -0.05) is 13.8 Å². The molecule has 0 spiro atoms. The summed E-state index contributed by atoms with van der Waals surface area (Å²) in [5, 5.41) is 13.5. The molecule has 0 radical (unpaired) electrons. The van der Waals surface area contributed by atoms with Crippen LogP contribution < -0.4 is 14.8 Å². The number of aliphatic hydroxyl groups is 1. The van der Waals surface area contributed by atoms with Crippen molar-refractivity contribution < 1.29 is 14.6 Å². The molecule has 0 saturated carbocycles. The third-order valence-electron chi connectivity index (χ3n) is 3.48. The summed E-state index contributed by atoms with van der Waals surface area (Å²) in [5.74, 6) is 1.83. The maximum absolute atomic E-state index is 10.1. The minimum atomic E-state index is -0.491. The van der Waals surface area contributed by atoms with Gasteiger partial charge in [0.05, 0.1) is 20.3 Å². The van der Waals surface area contributed by atoms with Crippen LogP contribution in [0, 0.1) is 5.92 Å². The highest BCUT2D eigenvalue weighted by molar-refractivity contribution is 5.50. The van der Waals surface area contributed by atoms with E-state index in [1.165, 1.54) is 0 Å². The van der Waals surface area contributed by atoms with Gasteiger partial charge < -0.3 is 19.9 Å². The van der Waals surface area contributed by atoms with E-state index in [-0.39, 0.29) is 6.04 Å². The number of rotatable bonds is 3. The summed E-state index contributed by atoms with van der Waals surface area (Å²) >= 11 is 0. The third kappa shape index (κ3) is 2.18. The third-order valence-corrected chi connectivity index (χ3v) is 3.48. The highest BCUT2D eigenvalue weighted by Gasteiger charge is 2.29. The predicted molar refractivity (Wildman–Crippen MR) is 70.1 cm³/mol. The van der Waals surface area contributed by atoms with Crippen molar-refractivity contribution in [3.05, 3.63) is 23.3 Å². The molecule has 0 fully saturated rings. The average molecular weight is 251 g/mol. The number of aliphatic hydroxyl groups excluding tert-OH is 1. The maximum atomic E-state index is 10.1. The molecule has 2 rings (SSSR count). The number of β-amino-alcohol motifs (C(OH)–C–C–N with tert-alkyl or cyclic N) is 1.